The summed E-state index contributed by atoms with van der Waals surface area (Å²) in [6, 6.07) is 25.6. The van der Waals surface area contributed by atoms with Gasteiger partial charge in [-0.05, 0) is 36.8 Å². The van der Waals surface area contributed by atoms with Crippen molar-refractivity contribution in [2.75, 3.05) is 5.75 Å². The molecule has 1 amide bonds. The Bertz CT molecular complexity index is 1240. The molecule has 160 valence electrons. The summed E-state index contributed by atoms with van der Waals surface area (Å²) in [6.45, 7) is 2.01. The van der Waals surface area contributed by atoms with Crippen molar-refractivity contribution >= 4 is 39.8 Å². The molecular formula is C24H20BrN5OS. The van der Waals surface area contributed by atoms with Gasteiger partial charge in [-0.15, -0.1) is 10.2 Å². The number of hydrazone groups is 1. The third-order valence-electron chi connectivity index (χ3n) is 4.53. The first-order chi connectivity index (χ1) is 15.6. The number of halogens is 1. The first kappa shape index (κ1) is 22.0. The van der Waals surface area contributed by atoms with Gasteiger partial charge in [0.2, 0.25) is 0 Å². The number of amides is 1. The van der Waals surface area contributed by atoms with Crippen molar-refractivity contribution in [3.8, 4) is 17.1 Å². The van der Waals surface area contributed by atoms with Crippen LogP contribution in [0.4, 0.5) is 0 Å². The zero-order valence-electron chi connectivity index (χ0n) is 17.3. The molecule has 0 aliphatic carbocycles. The van der Waals surface area contributed by atoms with E-state index in [1.54, 1.807) is 6.21 Å². The SMILES string of the molecule is Cc1cccc(C=NNC(=O)CSc2nnc(-c3ccccc3)n2-c2ccc(Br)cc2)c1. The molecule has 0 atom stereocenters. The molecule has 0 spiro atoms. The first-order valence-electron chi connectivity index (χ1n) is 9.88. The number of nitrogens with one attached hydrogen (secondary N) is 1. The molecule has 1 N–H and O–H groups in total. The highest BCUT2D eigenvalue weighted by Gasteiger charge is 2.17. The Kier molecular flexibility index (Phi) is 7.14. The summed E-state index contributed by atoms with van der Waals surface area (Å²) in [4.78, 5) is 12.3. The Morgan fingerprint density at radius 3 is 2.59 bits per heavy atom. The van der Waals surface area contributed by atoms with Crippen molar-refractivity contribution in [3.05, 3.63) is 94.5 Å². The number of rotatable bonds is 7. The lowest BCUT2D eigenvalue weighted by Crippen LogP contribution is -2.20. The molecule has 0 saturated carbocycles. The molecule has 4 aromatic rings. The Labute approximate surface area is 198 Å². The molecule has 0 aliphatic rings. The largest absolute Gasteiger partial charge is 0.272 e. The van der Waals surface area contributed by atoms with Gasteiger partial charge in [0.05, 0.1) is 12.0 Å². The van der Waals surface area contributed by atoms with E-state index in [-0.39, 0.29) is 11.7 Å². The number of aromatic nitrogens is 3. The number of carbonyl (C=O) groups is 1. The molecule has 4 rings (SSSR count). The average molecular weight is 506 g/mol. The van der Waals surface area contributed by atoms with Crippen molar-refractivity contribution in [2.45, 2.75) is 12.1 Å². The lowest BCUT2D eigenvalue weighted by molar-refractivity contribution is -0.118. The Morgan fingerprint density at radius 2 is 1.84 bits per heavy atom. The van der Waals surface area contributed by atoms with Gasteiger partial charge >= 0.3 is 0 Å². The second-order valence-electron chi connectivity index (χ2n) is 6.98. The van der Waals surface area contributed by atoms with Gasteiger partial charge in [0.15, 0.2) is 11.0 Å². The Hall–Kier alpha value is -3.23. The highest BCUT2D eigenvalue weighted by Crippen LogP contribution is 2.28. The quantitative estimate of drug-likeness (QED) is 0.211. The van der Waals surface area contributed by atoms with Crippen LogP contribution in [0.5, 0.6) is 0 Å². The molecule has 32 heavy (non-hydrogen) atoms. The van der Waals surface area contributed by atoms with Gasteiger partial charge in [0.1, 0.15) is 0 Å². The summed E-state index contributed by atoms with van der Waals surface area (Å²) in [7, 11) is 0. The van der Waals surface area contributed by atoms with Gasteiger partial charge in [-0.2, -0.15) is 5.10 Å². The summed E-state index contributed by atoms with van der Waals surface area (Å²) in [5.41, 5.74) is 6.50. The Balaban J connectivity index is 1.50. The highest BCUT2D eigenvalue weighted by atomic mass is 79.9. The van der Waals surface area contributed by atoms with E-state index in [1.807, 2.05) is 90.4 Å². The van der Waals surface area contributed by atoms with E-state index in [9.17, 15) is 4.79 Å². The monoisotopic (exact) mass is 505 g/mol. The molecule has 8 heteroatoms. The summed E-state index contributed by atoms with van der Waals surface area (Å²) in [5.74, 6) is 0.660. The number of nitrogens with zero attached hydrogens (tertiary/aromatic N) is 4. The molecule has 0 radical (unpaired) electrons. The minimum absolute atomic E-state index is 0.161. The van der Waals surface area contributed by atoms with Gasteiger partial charge in [0, 0.05) is 15.7 Å². The zero-order chi connectivity index (χ0) is 22.3. The third kappa shape index (κ3) is 5.52. The standard InChI is InChI=1S/C24H20BrN5OS/c1-17-6-5-7-18(14-17)15-26-27-22(31)16-32-24-29-28-23(19-8-3-2-4-9-19)30(24)21-12-10-20(25)11-13-21/h2-15H,16H2,1H3,(H,27,31). The maximum Gasteiger partial charge on any atom is 0.250 e. The molecule has 0 fully saturated rings. The van der Waals surface area contributed by atoms with Crippen LogP contribution in [0.15, 0.2) is 93.6 Å². The number of carbonyl (C=O) groups excluding carboxylic acids is 1. The minimum atomic E-state index is -0.217. The highest BCUT2D eigenvalue weighted by molar-refractivity contribution is 9.10. The molecule has 0 aliphatic heterocycles. The normalized spacial score (nSPS) is 11.1. The van der Waals surface area contributed by atoms with Crippen LogP contribution < -0.4 is 5.43 Å². The van der Waals surface area contributed by atoms with Crippen LogP contribution in [-0.4, -0.2) is 32.6 Å². The van der Waals surface area contributed by atoms with Crippen LogP contribution in [-0.2, 0) is 4.79 Å². The molecule has 0 unspecified atom stereocenters. The van der Waals surface area contributed by atoms with Crippen molar-refractivity contribution in [1.82, 2.24) is 20.2 Å². The van der Waals surface area contributed by atoms with Crippen molar-refractivity contribution in [3.63, 3.8) is 0 Å². The summed E-state index contributed by atoms with van der Waals surface area (Å²) in [6.07, 6.45) is 1.63. The van der Waals surface area contributed by atoms with E-state index >= 15 is 0 Å². The summed E-state index contributed by atoms with van der Waals surface area (Å²) < 4.78 is 2.94. The van der Waals surface area contributed by atoms with Gasteiger partial charge in [-0.25, -0.2) is 5.43 Å². The van der Waals surface area contributed by atoms with Crippen LogP contribution in [0.2, 0.25) is 0 Å². The van der Waals surface area contributed by atoms with E-state index < -0.39 is 0 Å². The van der Waals surface area contributed by atoms with E-state index in [1.165, 1.54) is 11.8 Å². The molecular weight excluding hydrogens is 486 g/mol. The van der Waals surface area contributed by atoms with E-state index in [0.717, 1.165) is 26.9 Å². The lowest BCUT2D eigenvalue weighted by Gasteiger charge is -2.10. The van der Waals surface area contributed by atoms with Gasteiger partial charge in [0.25, 0.3) is 5.91 Å². The maximum atomic E-state index is 12.3. The third-order valence-corrected chi connectivity index (χ3v) is 5.99. The second-order valence-corrected chi connectivity index (χ2v) is 8.84. The fourth-order valence-electron chi connectivity index (χ4n) is 3.05. The maximum absolute atomic E-state index is 12.3. The lowest BCUT2D eigenvalue weighted by atomic mass is 10.2. The molecule has 1 heterocycles. The zero-order valence-corrected chi connectivity index (χ0v) is 19.7. The van der Waals surface area contributed by atoms with Crippen LogP contribution in [0, 0.1) is 6.92 Å². The van der Waals surface area contributed by atoms with Crippen LogP contribution in [0.25, 0.3) is 17.1 Å². The predicted molar refractivity (Wildman–Crippen MR) is 132 cm³/mol. The van der Waals surface area contributed by atoms with Crippen molar-refractivity contribution < 1.29 is 4.79 Å². The molecule has 1 aromatic heterocycles. The van der Waals surface area contributed by atoms with E-state index in [2.05, 4.69) is 36.7 Å². The predicted octanol–water partition coefficient (Wildman–Crippen LogP) is 5.25. The number of aryl methyl sites for hydroxylation is 1. The summed E-state index contributed by atoms with van der Waals surface area (Å²) >= 11 is 4.78. The minimum Gasteiger partial charge on any atom is -0.272 e. The molecule has 0 saturated heterocycles. The fourth-order valence-corrected chi connectivity index (χ4v) is 4.06. The Morgan fingerprint density at radius 1 is 1.06 bits per heavy atom. The van der Waals surface area contributed by atoms with Gasteiger partial charge in [-0.3, -0.25) is 9.36 Å². The number of hydrogen-bond donors (Lipinski definition) is 1. The molecule has 0 bridgehead atoms. The molecule has 3 aromatic carbocycles. The van der Waals surface area contributed by atoms with Crippen LogP contribution >= 0.6 is 27.7 Å². The second kappa shape index (κ2) is 10.4. The number of thioether (sulfide) groups is 1. The smallest absolute Gasteiger partial charge is 0.250 e. The number of benzene rings is 3. The molecule has 6 nitrogen and oxygen atoms in total. The van der Waals surface area contributed by atoms with Crippen molar-refractivity contribution in [1.29, 1.82) is 0 Å². The van der Waals surface area contributed by atoms with Crippen LogP contribution in [0.3, 0.4) is 0 Å². The first-order valence-corrected chi connectivity index (χ1v) is 11.7. The number of hydrogen-bond acceptors (Lipinski definition) is 5. The van der Waals surface area contributed by atoms with Gasteiger partial charge in [-0.1, -0.05) is 87.9 Å². The van der Waals surface area contributed by atoms with Crippen LogP contribution in [0.1, 0.15) is 11.1 Å². The fraction of sp³-hybridized carbons (Fsp3) is 0.0833. The van der Waals surface area contributed by atoms with Gasteiger partial charge < -0.3 is 0 Å². The van der Waals surface area contributed by atoms with E-state index in [0.29, 0.717) is 11.0 Å². The van der Waals surface area contributed by atoms with E-state index in [4.69, 9.17) is 0 Å². The average Bonchev–Trinajstić information content (AvgIpc) is 3.23. The van der Waals surface area contributed by atoms with Crippen molar-refractivity contribution in [2.24, 2.45) is 5.10 Å². The summed E-state index contributed by atoms with van der Waals surface area (Å²) in [5, 5.41) is 13.4. The topological polar surface area (TPSA) is 72.2 Å².